The summed E-state index contributed by atoms with van der Waals surface area (Å²) in [6, 6.07) is 4.96. The molecule has 0 atom stereocenters. The first-order valence-corrected chi connectivity index (χ1v) is 5.83. The smallest absolute Gasteiger partial charge is 0.129 e. The average molecular weight is 225 g/mol. The molecule has 0 heterocycles. The van der Waals surface area contributed by atoms with Crippen LogP contribution in [0.25, 0.3) is 0 Å². The maximum absolute atomic E-state index is 13.2. The molecule has 0 spiro atoms. The van der Waals surface area contributed by atoms with Crippen LogP contribution in [0.4, 0.5) is 4.39 Å². The largest absolute Gasteiger partial charge is 0.492 e. The predicted molar refractivity (Wildman–Crippen MR) is 64.4 cm³/mol. The van der Waals surface area contributed by atoms with Gasteiger partial charge in [0, 0.05) is 12.6 Å². The van der Waals surface area contributed by atoms with Crippen molar-refractivity contribution in [1.29, 1.82) is 0 Å². The Bertz CT molecular complexity index is 315. The second-order valence-electron chi connectivity index (χ2n) is 3.86. The summed E-state index contributed by atoms with van der Waals surface area (Å²) in [6.45, 7) is 6.29. The van der Waals surface area contributed by atoms with Crippen LogP contribution in [0.2, 0.25) is 0 Å². The van der Waals surface area contributed by atoms with Gasteiger partial charge in [0.05, 0.1) is 0 Å². The molecule has 0 saturated carbocycles. The zero-order valence-corrected chi connectivity index (χ0v) is 10.1. The van der Waals surface area contributed by atoms with Crippen molar-refractivity contribution in [3.8, 4) is 5.75 Å². The van der Waals surface area contributed by atoms with Crippen molar-refractivity contribution in [2.24, 2.45) is 0 Å². The molecule has 0 radical (unpaired) electrons. The van der Waals surface area contributed by atoms with Gasteiger partial charge >= 0.3 is 0 Å². The van der Waals surface area contributed by atoms with Crippen molar-refractivity contribution in [3.63, 3.8) is 0 Å². The third-order valence-corrected chi connectivity index (χ3v) is 2.40. The van der Waals surface area contributed by atoms with E-state index in [0.717, 1.165) is 13.1 Å². The van der Waals surface area contributed by atoms with Crippen LogP contribution in [0.5, 0.6) is 5.75 Å². The third kappa shape index (κ3) is 4.62. The number of nitrogens with one attached hydrogen (secondary N) is 1. The summed E-state index contributed by atoms with van der Waals surface area (Å²) < 4.78 is 18.6. The molecular formula is C13H20FNO. The molecule has 0 aliphatic heterocycles. The number of halogens is 1. The topological polar surface area (TPSA) is 21.3 Å². The van der Waals surface area contributed by atoms with Crippen molar-refractivity contribution in [3.05, 3.63) is 29.6 Å². The van der Waals surface area contributed by atoms with Crippen molar-refractivity contribution in [2.45, 2.75) is 26.7 Å². The van der Waals surface area contributed by atoms with Gasteiger partial charge in [0.25, 0.3) is 0 Å². The van der Waals surface area contributed by atoms with E-state index in [1.807, 2.05) is 0 Å². The molecule has 90 valence electrons. The number of ether oxygens (including phenoxy) is 1. The molecule has 0 aliphatic rings. The first-order chi connectivity index (χ1) is 7.74. The molecule has 0 unspecified atom stereocenters. The lowest BCUT2D eigenvalue weighted by Crippen LogP contribution is -2.21. The number of rotatable bonds is 7. The second kappa shape index (κ2) is 7.23. The van der Waals surface area contributed by atoms with Crippen molar-refractivity contribution in [1.82, 2.24) is 5.32 Å². The van der Waals surface area contributed by atoms with Gasteiger partial charge in [-0.15, -0.1) is 0 Å². The number of hydrogen-bond acceptors (Lipinski definition) is 2. The highest BCUT2D eigenvalue weighted by atomic mass is 19.1. The molecule has 0 aliphatic carbocycles. The fourth-order valence-corrected chi connectivity index (χ4v) is 1.33. The Morgan fingerprint density at radius 2 is 2.12 bits per heavy atom. The first-order valence-electron chi connectivity index (χ1n) is 5.83. The molecule has 3 heteroatoms. The van der Waals surface area contributed by atoms with E-state index >= 15 is 0 Å². The molecular weight excluding hydrogens is 205 g/mol. The second-order valence-corrected chi connectivity index (χ2v) is 3.86. The van der Waals surface area contributed by atoms with E-state index in [1.165, 1.54) is 18.9 Å². The summed E-state index contributed by atoms with van der Waals surface area (Å²) in [4.78, 5) is 0. The van der Waals surface area contributed by atoms with Crippen LogP contribution in [0, 0.1) is 12.7 Å². The Morgan fingerprint density at radius 3 is 2.81 bits per heavy atom. The minimum atomic E-state index is -0.212. The van der Waals surface area contributed by atoms with Crippen LogP contribution in [-0.2, 0) is 0 Å². The minimum Gasteiger partial charge on any atom is -0.492 e. The maximum Gasteiger partial charge on any atom is 0.129 e. The molecule has 1 aromatic carbocycles. The van der Waals surface area contributed by atoms with Gasteiger partial charge in [-0.2, -0.15) is 0 Å². The molecule has 1 rings (SSSR count). The highest BCUT2D eigenvalue weighted by Crippen LogP contribution is 2.15. The van der Waals surface area contributed by atoms with Crippen molar-refractivity contribution in [2.75, 3.05) is 19.7 Å². The van der Waals surface area contributed by atoms with Crippen LogP contribution in [-0.4, -0.2) is 19.7 Å². The van der Waals surface area contributed by atoms with Crippen LogP contribution in [0.1, 0.15) is 25.3 Å². The van der Waals surface area contributed by atoms with Crippen LogP contribution in [0.15, 0.2) is 18.2 Å². The van der Waals surface area contributed by atoms with Crippen LogP contribution >= 0.6 is 0 Å². The zero-order valence-electron chi connectivity index (χ0n) is 10.1. The Balaban J connectivity index is 2.19. The molecule has 0 bridgehead atoms. The highest BCUT2D eigenvalue weighted by Gasteiger charge is 1.99. The van der Waals surface area contributed by atoms with Gasteiger partial charge in [0.2, 0.25) is 0 Å². The van der Waals surface area contributed by atoms with E-state index in [1.54, 1.807) is 19.1 Å². The summed E-state index contributed by atoms with van der Waals surface area (Å²) in [5, 5.41) is 3.26. The molecule has 2 nitrogen and oxygen atoms in total. The van der Waals surface area contributed by atoms with Crippen LogP contribution in [0.3, 0.4) is 0 Å². The average Bonchev–Trinajstić information content (AvgIpc) is 2.28. The number of unbranched alkanes of at least 4 members (excludes halogenated alkanes) is 1. The minimum absolute atomic E-state index is 0.212. The van der Waals surface area contributed by atoms with E-state index in [9.17, 15) is 4.39 Å². The fraction of sp³-hybridized carbons (Fsp3) is 0.538. The monoisotopic (exact) mass is 225 g/mol. The van der Waals surface area contributed by atoms with Gasteiger partial charge in [-0.1, -0.05) is 19.4 Å². The summed E-state index contributed by atoms with van der Waals surface area (Å²) >= 11 is 0. The number of aryl methyl sites for hydroxylation is 1. The van der Waals surface area contributed by atoms with Crippen LogP contribution < -0.4 is 10.1 Å². The molecule has 0 aromatic heterocycles. The molecule has 1 aromatic rings. The van der Waals surface area contributed by atoms with Crippen molar-refractivity contribution >= 4 is 0 Å². The third-order valence-electron chi connectivity index (χ3n) is 2.40. The van der Waals surface area contributed by atoms with Gasteiger partial charge in [0.1, 0.15) is 18.2 Å². The van der Waals surface area contributed by atoms with Gasteiger partial charge < -0.3 is 10.1 Å². The molecule has 0 amide bonds. The Kier molecular flexibility index (Phi) is 5.86. The normalized spacial score (nSPS) is 10.4. The predicted octanol–water partition coefficient (Wildman–Crippen LogP) is 2.90. The lowest BCUT2D eigenvalue weighted by molar-refractivity contribution is 0.312. The van der Waals surface area contributed by atoms with E-state index in [0.29, 0.717) is 17.9 Å². The Morgan fingerprint density at radius 1 is 1.31 bits per heavy atom. The summed E-state index contributed by atoms with van der Waals surface area (Å²) in [7, 11) is 0. The van der Waals surface area contributed by atoms with Gasteiger partial charge in [0.15, 0.2) is 0 Å². The lowest BCUT2D eigenvalue weighted by atomic mass is 10.2. The van der Waals surface area contributed by atoms with E-state index < -0.39 is 0 Å². The fourth-order valence-electron chi connectivity index (χ4n) is 1.33. The van der Waals surface area contributed by atoms with Gasteiger partial charge in [-0.05, 0) is 31.5 Å². The van der Waals surface area contributed by atoms with E-state index in [2.05, 4.69) is 12.2 Å². The Labute approximate surface area is 96.8 Å². The standard InChI is InChI=1S/C13H20FNO/c1-3-4-7-15-8-9-16-12-6-5-11(2)13(14)10-12/h5-6,10,15H,3-4,7-9H2,1-2H3. The Hall–Kier alpha value is -1.09. The molecule has 0 saturated heterocycles. The first kappa shape index (κ1) is 13.0. The van der Waals surface area contributed by atoms with Gasteiger partial charge in [-0.25, -0.2) is 4.39 Å². The highest BCUT2D eigenvalue weighted by molar-refractivity contribution is 5.27. The van der Waals surface area contributed by atoms with Crippen molar-refractivity contribution < 1.29 is 9.13 Å². The number of hydrogen-bond donors (Lipinski definition) is 1. The number of benzene rings is 1. The van der Waals surface area contributed by atoms with Gasteiger partial charge in [-0.3, -0.25) is 0 Å². The lowest BCUT2D eigenvalue weighted by Gasteiger charge is -2.07. The molecule has 0 fully saturated rings. The summed E-state index contributed by atoms with van der Waals surface area (Å²) in [6.07, 6.45) is 2.37. The quantitative estimate of drug-likeness (QED) is 0.720. The maximum atomic E-state index is 13.2. The molecule has 16 heavy (non-hydrogen) atoms. The summed E-state index contributed by atoms with van der Waals surface area (Å²) in [5.41, 5.74) is 0.647. The van der Waals surface area contributed by atoms with E-state index in [-0.39, 0.29) is 5.82 Å². The summed E-state index contributed by atoms with van der Waals surface area (Å²) in [5.74, 6) is 0.386. The molecule has 1 N–H and O–H groups in total. The van der Waals surface area contributed by atoms with E-state index in [4.69, 9.17) is 4.74 Å². The zero-order chi connectivity index (χ0) is 11.8. The SMILES string of the molecule is CCCCNCCOc1ccc(C)c(F)c1.